The molecule has 5 aliphatic carbocycles. The predicted octanol–water partition coefficient (Wildman–Crippen LogP) is 2.11. The van der Waals surface area contributed by atoms with Crippen molar-refractivity contribution in [2.24, 2.45) is 34.0 Å². The summed E-state index contributed by atoms with van der Waals surface area (Å²) in [6.45, 7) is 6.18. The normalized spacial score (nSPS) is 68.7. The molecule has 11 atom stereocenters. The minimum atomic E-state index is -0.599. The molecule has 2 N–H and O–H groups in total. The van der Waals surface area contributed by atoms with E-state index >= 15 is 0 Å². The molecule has 0 aromatic carbocycles. The molecule has 150 valence electrons. The summed E-state index contributed by atoms with van der Waals surface area (Å²) in [5.74, 6) is 1.28. The van der Waals surface area contributed by atoms with Crippen LogP contribution in [0.2, 0.25) is 0 Å². The van der Waals surface area contributed by atoms with Crippen molar-refractivity contribution >= 4 is 0 Å². The fourth-order valence-electron chi connectivity index (χ4n) is 10.2. The number of hydrogen-bond donors (Lipinski definition) is 2. The van der Waals surface area contributed by atoms with E-state index < -0.39 is 11.7 Å². The van der Waals surface area contributed by atoms with Gasteiger partial charge in [-0.05, 0) is 57.3 Å². The Bertz CT molecular complexity index is 712. The minimum absolute atomic E-state index is 0.0213. The van der Waals surface area contributed by atoms with Crippen molar-refractivity contribution in [3.8, 4) is 0 Å². The van der Waals surface area contributed by atoms with Gasteiger partial charge < -0.3 is 19.7 Å². The predicted molar refractivity (Wildman–Crippen MR) is 97.5 cm³/mol. The van der Waals surface area contributed by atoms with Gasteiger partial charge in [0, 0.05) is 28.7 Å². The van der Waals surface area contributed by atoms with Crippen LogP contribution >= 0.6 is 0 Å². The third kappa shape index (κ3) is 1.53. The summed E-state index contributed by atoms with van der Waals surface area (Å²) in [6.07, 6.45) is 7.37. The van der Waals surface area contributed by atoms with Crippen molar-refractivity contribution in [1.29, 1.82) is 0 Å². The highest BCUT2D eigenvalue weighted by molar-refractivity contribution is 5.28. The van der Waals surface area contributed by atoms with E-state index in [4.69, 9.17) is 9.47 Å². The Balaban J connectivity index is 1.45. The molecule has 4 saturated heterocycles. The average molecular weight is 376 g/mol. The van der Waals surface area contributed by atoms with E-state index in [0.29, 0.717) is 11.8 Å². The molecular weight excluding hydrogens is 342 g/mol. The summed E-state index contributed by atoms with van der Waals surface area (Å²) in [6, 6.07) is 0. The van der Waals surface area contributed by atoms with Crippen molar-refractivity contribution in [1.82, 2.24) is 4.90 Å². The largest absolute Gasteiger partial charge is 0.390 e. The molecule has 9 fully saturated rings. The molecule has 5 saturated carbocycles. The third-order valence-corrected chi connectivity index (χ3v) is 10.7. The highest BCUT2D eigenvalue weighted by atomic mass is 16.6. The van der Waals surface area contributed by atoms with Crippen LogP contribution in [0, 0.1) is 34.0 Å². The van der Waals surface area contributed by atoms with E-state index in [1.54, 1.807) is 0 Å². The van der Waals surface area contributed by atoms with Crippen molar-refractivity contribution in [2.75, 3.05) is 13.2 Å². The number of piperidine rings is 1. The molecule has 5 heteroatoms. The van der Waals surface area contributed by atoms with Gasteiger partial charge in [0.05, 0.1) is 24.4 Å². The number of rotatable bonds is 0. The van der Waals surface area contributed by atoms with Crippen molar-refractivity contribution in [3.05, 3.63) is 0 Å². The number of nitrogens with zero attached hydrogens (tertiary/aromatic N) is 1. The lowest BCUT2D eigenvalue weighted by Crippen LogP contribution is -2.86. The lowest BCUT2D eigenvalue weighted by molar-refractivity contribution is -0.448. The second-order valence-corrected chi connectivity index (χ2v) is 11.6. The highest BCUT2D eigenvalue weighted by Gasteiger charge is 2.82. The topological polar surface area (TPSA) is 62.2 Å². The van der Waals surface area contributed by atoms with Crippen LogP contribution in [0.5, 0.6) is 0 Å². The minimum Gasteiger partial charge on any atom is -0.390 e. The number of hydrogen-bond acceptors (Lipinski definition) is 5. The Morgan fingerprint density at radius 3 is 2.78 bits per heavy atom. The van der Waals surface area contributed by atoms with Crippen LogP contribution in [0.4, 0.5) is 0 Å². The molecule has 27 heavy (non-hydrogen) atoms. The van der Waals surface area contributed by atoms with Crippen LogP contribution in [0.15, 0.2) is 0 Å². The maximum atomic E-state index is 11.7. The zero-order valence-corrected chi connectivity index (χ0v) is 16.6. The van der Waals surface area contributed by atoms with Crippen LogP contribution in [-0.2, 0) is 9.47 Å². The zero-order valence-electron chi connectivity index (χ0n) is 16.6. The third-order valence-electron chi connectivity index (χ3n) is 10.7. The molecule has 9 rings (SSSR count). The van der Waals surface area contributed by atoms with E-state index in [1.807, 2.05) is 6.92 Å². The molecule has 0 aromatic rings. The second kappa shape index (κ2) is 4.59. The Morgan fingerprint density at radius 2 is 1.96 bits per heavy atom. The zero-order chi connectivity index (χ0) is 18.4. The SMILES string of the molecule is C[C@@]12CCC[C@@]34[C@@H]1[C@H](O)[C@H](O[C@H]3N1CCO[C@@H]12)[C@]12CC[C@H](C[C@@H]14)[C@@](C)(O)C2. The first-order chi connectivity index (χ1) is 12.8. The van der Waals surface area contributed by atoms with E-state index in [9.17, 15) is 10.2 Å². The number of aliphatic hydroxyl groups is 2. The van der Waals surface area contributed by atoms with Crippen LogP contribution in [0.3, 0.4) is 0 Å². The quantitative estimate of drug-likeness (QED) is 0.679. The smallest absolute Gasteiger partial charge is 0.119 e. The summed E-state index contributed by atoms with van der Waals surface area (Å²) in [7, 11) is 0. The lowest BCUT2D eigenvalue weighted by Gasteiger charge is -2.81. The first-order valence-electron chi connectivity index (χ1n) is 11.3. The molecule has 5 nitrogen and oxygen atoms in total. The Kier molecular flexibility index (Phi) is 2.82. The van der Waals surface area contributed by atoms with Crippen LogP contribution < -0.4 is 0 Å². The molecule has 2 spiro atoms. The van der Waals surface area contributed by atoms with E-state index in [0.717, 1.165) is 45.3 Å². The monoisotopic (exact) mass is 375 g/mol. The fraction of sp³-hybridized carbons (Fsp3) is 1.00. The lowest BCUT2D eigenvalue weighted by atomic mass is 9.31. The summed E-state index contributed by atoms with van der Waals surface area (Å²) in [4.78, 5) is 2.53. The maximum absolute atomic E-state index is 11.7. The number of aliphatic hydroxyl groups excluding tert-OH is 1. The average Bonchev–Trinajstić information content (AvgIpc) is 3.10. The molecule has 0 amide bonds. The van der Waals surface area contributed by atoms with E-state index in [-0.39, 0.29) is 40.7 Å². The van der Waals surface area contributed by atoms with Crippen molar-refractivity contribution < 1.29 is 19.7 Å². The van der Waals surface area contributed by atoms with Crippen LogP contribution in [-0.4, -0.2) is 58.5 Å². The van der Waals surface area contributed by atoms with Gasteiger partial charge >= 0.3 is 0 Å². The number of ether oxygens (including phenoxy) is 2. The van der Waals surface area contributed by atoms with Gasteiger partial charge in [-0.3, -0.25) is 0 Å². The van der Waals surface area contributed by atoms with Gasteiger partial charge in [-0.1, -0.05) is 13.3 Å². The van der Waals surface area contributed by atoms with E-state index in [2.05, 4.69) is 11.8 Å². The number of fused-ring (bicyclic) bond motifs is 4. The highest BCUT2D eigenvalue weighted by Crippen LogP contribution is 2.79. The van der Waals surface area contributed by atoms with Crippen molar-refractivity contribution in [2.45, 2.75) is 89.1 Å². The molecular formula is C22H33NO4. The van der Waals surface area contributed by atoms with Gasteiger partial charge in [0.15, 0.2) is 0 Å². The summed E-state index contributed by atoms with van der Waals surface area (Å²) in [5.41, 5.74) is -0.567. The van der Waals surface area contributed by atoms with Gasteiger partial charge in [0.2, 0.25) is 0 Å². The molecule has 7 bridgehead atoms. The molecule has 4 heterocycles. The Morgan fingerprint density at radius 1 is 1.11 bits per heavy atom. The fourth-order valence-corrected chi connectivity index (χ4v) is 10.2. The first-order valence-corrected chi connectivity index (χ1v) is 11.3. The molecule has 9 aliphatic rings. The standard InChI is InChI=1S/C22H33NO4/c1-19-5-3-6-22-13-10-12-4-7-21(13,11-20(12,2)25)16(14(24)15(19)22)27-18(22)23-8-9-26-17(19)23/h12-18,24-25H,3-11H2,1-2H3/t12-,13+,14+,15-,16+,17-,18-,19-,20+,21+,22-/m1/s1. The van der Waals surface area contributed by atoms with Gasteiger partial charge in [0.1, 0.15) is 12.5 Å². The molecule has 0 radical (unpaired) electrons. The van der Waals surface area contributed by atoms with Gasteiger partial charge in [-0.25, -0.2) is 4.90 Å². The molecule has 0 unspecified atom stereocenters. The summed E-state index contributed by atoms with van der Waals surface area (Å²) < 4.78 is 13.1. The molecule has 0 aromatic heterocycles. The van der Waals surface area contributed by atoms with E-state index in [1.165, 1.54) is 12.8 Å². The van der Waals surface area contributed by atoms with Crippen molar-refractivity contribution in [3.63, 3.8) is 0 Å². The van der Waals surface area contributed by atoms with Crippen LogP contribution in [0.25, 0.3) is 0 Å². The van der Waals surface area contributed by atoms with Gasteiger partial charge in [-0.15, -0.1) is 0 Å². The first kappa shape index (κ1) is 16.6. The van der Waals surface area contributed by atoms with Crippen LogP contribution in [0.1, 0.15) is 58.8 Å². The Labute approximate surface area is 161 Å². The van der Waals surface area contributed by atoms with Gasteiger partial charge in [0.25, 0.3) is 0 Å². The summed E-state index contributed by atoms with van der Waals surface area (Å²) >= 11 is 0. The second-order valence-electron chi connectivity index (χ2n) is 11.6. The van der Waals surface area contributed by atoms with Gasteiger partial charge in [-0.2, -0.15) is 0 Å². The Hall–Kier alpha value is -0.200. The molecule has 4 aliphatic heterocycles. The summed E-state index contributed by atoms with van der Waals surface area (Å²) in [5, 5.41) is 22.9. The maximum Gasteiger partial charge on any atom is 0.119 e.